The SMILES string of the molecule is Cc1cc2c(cc1N1c3cc4c(cc3B3c5c1cc1c(oc6ccccc61)c5-c1c(ccc5c1sc1ccccc15)N3c1ccc(C(C)(C)C)cc1-c1ccccc1)Oc1ccccc1O4)C(C)(C)CCC2(C)C. The van der Waals surface area contributed by atoms with E-state index in [0.717, 1.165) is 74.2 Å². The summed E-state index contributed by atoms with van der Waals surface area (Å²) in [5.41, 5.74) is 19.7. The van der Waals surface area contributed by atoms with E-state index in [1.807, 2.05) is 35.6 Å². The number of para-hydroxylation sites is 3. The lowest BCUT2D eigenvalue weighted by atomic mass is 9.43. The van der Waals surface area contributed by atoms with Crippen LogP contribution in [0.2, 0.25) is 0 Å². The van der Waals surface area contributed by atoms with Gasteiger partial charge >= 0.3 is 6.85 Å². The number of ether oxygens (including phenoxy) is 2. The molecule has 0 bridgehead atoms. The van der Waals surface area contributed by atoms with E-state index in [2.05, 4.69) is 205 Å². The largest absolute Gasteiger partial charge is 0.455 e. The fraction of sp³-hybridized carbons (Fsp3) is 0.194. The van der Waals surface area contributed by atoms with Gasteiger partial charge in [-0.1, -0.05) is 146 Å². The lowest BCUT2D eigenvalue weighted by Crippen LogP contribution is -2.61. The summed E-state index contributed by atoms with van der Waals surface area (Å²) in [6, 6.07) is 60.5. The van der Waals surface area contributed by atoms with Crippen LogP contribution in [0.25, 0.3) is 64.4 Å². The molecule has 0 amide bonds. The van der Waals surface area contributed by atoms with E-state index in [1.54, 1.807) is 0 Å². The van der Waals surface area contributed by atoms with Crippen molar-refractivity contribution < 1.29 is 13.9 Å². The summed E-state index contributed by atoms with van der Waals surface area (Å²) in [5.74, 6) is 2.80. The molecule has 5 nitrogen and oxygen atoms in total. The molecule has 0 atom stereocenters. The zero-order valence-electron chi connectivity index (χ0n) is 43.1. The fourth-order valence-corrected chi connectivity index (χ4v) is 14.3. The first-order valence-corrected chi connectivity index (χ1v) is 27.0. The molecule has 15 rings (SSSR count). The molecule has 74 heavy (non-hydrogen) atoms. The van der Waals surface area contributed by atoms with E-state index in [4.69, 9.17) is 13.9 Å². The van der Waals surface area contributed by atoms with Crippen molar-refractivity contribution in [1.29, 1.82) is 0 Å². The van der Waals surface area contributed by atoms with Crippen LogP contribution in [-0.4, -0.2) is 6.85 Å². The molecule has 11 aromatic rings. The van der Waals surface area contributed by atoms with Gasteiger partial charge in [-0.2, -0.15) is 0 Å². The molecule has 5 heterocycles. The summed E-state index contributed by atoms with van der Waals surface area (Å²) < 4.78 is 23.7. The van der Waals surface area contributed by atoms with Crippen molar-refractivity contribution in [3.05, 3.63) is 186 Å². The second-order valence-electron chi connectivity index (χ2n) is 23.5. The van der Waals surface area contributed by atoms with E-state index in [-0.39, 0.29) is 23.1 Å². The molecule has 0 saturated carbocycles. The highest BCUT2D eigenvalue weighted by Crippen LogP contribution is 2.58. The zero-order valence-corrected chi connectivity index (χ0v) is 43.9. The summed E-state index contributed by atoms with van der Waals surface area (Å²) in [4.78, 5) is 5.25. The first-order chi connectivity index (χ1) is 35.7. The highest BCUT2D eigenvalue weighted by molar-refractivity contribution is 7.26. The number of hydrogen-bond acceptors (Lipinski definition) is 6. The van der Waals surface area contributed by atoms with Crippen molar-refractivity contribution >= 4 is 99.7 Å². The molecule has 3 aliphatic heterocycles. The van der Waals surface area contributed by atoms with Gasteiger partial charge in [-0.05, 0) is 135 Å². The number of hydrogen-bond donors (Lipinski definition) is 0. The van der Waals surface area contributed by atoms with E-state index < -0.39 is 0 Å². The van der Waals surface area contributed by atoms with Gasteiger partial charge in [0.05, 0.1) is 0 Å². The number of nitrogens with zero attached hydrogens (tertiary/aromatic N) is 2. The molecule has 4 aliphatic rings. The van der Waals surface area contributed by atoms with Gasteiger partial charge in [0.1, 0.15) is 11.2 Å². The van der Waals surface area contributed by atoms with Gasteiger partial charge in [0, 0.05) is 82.1 Å². The Bertz CT molecular complexity index is 4230. The predicted octanol–water partition coefficient (Wildman–Crippen LogP) is 18.2. The van der Waals surface area contributed by atoms with Crippen LogP contribution in [0.5, 0.6) is 23.0 Å². The topological polar surface area (TPSA) is 38.1 Å². The number of rotatable bonds is 3. The van der Waals surface area contributed by atoms with Crippen LogP contribution in [0.3, 0.4) is 0 Å². The lowest BCUT2D eigenvalue weighted by molar-refractivity contribution is 0.332. The van der Waals surface area contributed by atoms with Crippen molar-refractivity contribution in [2.45, 2.75) is 84.5 Å². The molecule has 9 aromatic carbocycles. The smallest absolute Gasteiger partial charge is 0.333 e. The average molecular weight is 979 g/mol. The van der Waals surface area contributed by atoms with Crippen LogP contribution in [0.4, 0.5) is 28.4 Å². The maximum atomic E-state index is 7.32. The van der Waals surface area contributed by atoms with Gasteiger partial charge in [-0.25, -0.2) is 0 Å². The number of aryl methyl sites for hydroxylation is 1. The number of anilines is 5. The van der Waals surface area contributed by atoms with E-state index in [1.165, 1.54) is 64.6 Å². The highest BCUT2D eigenvalue weighted by Gasteiger charge is 2.49. The molecule has 360 valence electrons. The minimum absolute atomic E-state index is 0.0231. The minimum Gasteiger partial charge on any atom is -0.455 e. The molecule has 0 fully saturated rings. The molecular weight excluding hydrogens is 924 g/mol. The fourth-order valence-electron chi connectivity index (χ4n) is 13.0. The van der Waals surface area contributed by atoms with Gasteiger partial charge in [0.15, 0.2) is 23.0 Å². The summed E-state index contributed by atoms with van der Waals surface area (Å²) >= 11 is 1.89. The Morgan fingerprint density at radius 1 is 0.541 bits per heavy atom. The molecule has 0 radical (unpaired) electrons. The number of fused-ring (bicyclic) bond motifs is 15. The van der Waals surface area contributed by atoms with Gasteiger partial charge in [0.25, 0.3) is 0 Å². The summed E-state index contributed by atoms with van der Waals surface area (Å²) in [6.45, 7) is 18.6. The van der Waals surface area contributed by atoms with Crippen molar-refractivity contribution in [2.24, 2.45) is 0 Å². The molecule has 0 unspecified atom stereocenters. The Morgan fingerprint density at radius 2 is 1.20 bits per heavy atom. The lowest BCUT2D eigenvalue weighted by Gasteiger charge is -2.47. The van der Waals surface area contributed by atoms with Crippen molar-refractivity contribution in [1.82, 2.24) is 0 Å². The predicted molar refractivity (Wildman–Crippen MR) is 311 cm³/mol. The van der Waals surface area contributed by atoms with Gasteiger partial charge < -0.3 is 23.6 Å². The Labute approximate surface area is 436 Å². The number of furan rings is 1. The highest BCUT2D eigenvalue weighted by atomic mass is 32.1. The zero-order chi connectivity index (χ0) is 50.2. The standard InChI is InChI=1S/C67H55BN2O3S/c1-38-32-46-47(67(7,8)31-30-66(46,5)6)35-51(38)69-52-37-58-57(71-55-23-15-16-24-56(55)72-58)36-48(52)68-62-53(69)34-45-41-20-12-14-22-54(41)73-63(45)61(62)60-50(29-27-43-42-21-13-17-25-59(42)74-64(43)60)70(68)49-28-26-40(65(2,3)4)33-44(49)39-18-10-9-11-19-39/h9-29,32-37H,30-31H2,1-8H3. The van der Waals surface area contributed by atoms with Crippen molar-refractivity contribution in [3.63, 3.8) is 0 Å². The van der Waals surface area contributed by atoms with Gasteiger partial charge in [-0.3, -0.25) is 0 Å². The average Bonchev–Trinajstić information content (AvgIpc) is 4.05. The third-order valence-corrected chi connectivity index (χ3v) is 18.2. The van der Waals surface area contributed by atoms with Crippen LogP contribution in [-0.2, 0) is 16.2 Å². The van der Waals surface area contributed by atoms with Crippen LogP contribution in [0.1, 0.15) is 83.6 Å². The van der Waals surface area contributed by atoms with Gasteiger partial charge in [0.2, 0.25) is 0 Å². The molecule has 0 spiro atoms. The van der Waals surface area contributed by atoms with Gasteiger partial charge in [-0.15, -0.1) is 11.3 Å². The Hall–Kier alpha value is -7.74. The van der Waals surface area contributed by atoms with E-state index >= 15 is 0 Å². The maximum absolute atomic E-state index is 7.32. The molecular formula is C67H55BN2O3S. The molecule has 0 N–H and O–H groups in total. The van der Waals surface area contributed by atoms with Crippen LogP contribution >= 0.6 is 11.3 Å². The second kappa shape index (κ2) is 15.2. The summed E-state index contributed by atoms with van der Waals surface area (Å²) in [5, 5.41) is 4.71. The Morgan fingerprint density at radius 3 is 1.96 bits per heavy atom. The first kappa shape index (κ1) is 43.8. The number of thiophene rings is 1. The maximum Gasteiger partial charge on any atom is 0.333 e. The molecule has 0 saturated heterocycles. The normalized spacial score (nSPS) is 15.8. The third kappa shape index (κ3) is 6.16. The Kier molecular flexibility index (Phi) is 8.99. The minimum atomic E-state index is -0.342. The molecule has 1 aliphatic carbocycles. The monoisotopic (exact) mass is 978 g/mol. The van der Waals surface area contributed by atoms with Crippen molar-refractivity contribution in [2.75, 3.05) is 9.71 Å². The second-order valence-corrected chi connectivity index (χ2v) is 24.6. The summed E-state index contributed by atoms with van der Waals surface area (Å²) in [6.07, 6.45) is 2.26. The van der Waals surface area contributed by atoms with E-state index in [9.17, 15) is 0 Å². The third-order valence-electron chi connectivity index (χ3n) is 17.0. The molecule has 2 aromatic heterocycles. The van der Waals surface area contributed by atoms with E-state index in [0.29, 0.717) is 23.0 Å². The Balaban J connectivity index is 1.14. The van der Waals surface area contributed by atoms with Crippen LogP contribution in [0.15, 0.2) is 168 Å². The first-order valence-electron chi connectivity index (χ1n) is 26.2. The number of benzene rings is 9. The van der Waals surface area contributed by atoms with Crippen LogP contribution in [0, 0.1) is 6.92 Å². The van der Waals surface area contributed by atoms with Crippen molar-refractivity contribution in [3.8, 4) is 45.3 Å². The molecule has 7 heteroatoms. The quantitative estimate of drug-likeness (QED) is 0.165. The summed E-state index contributed by atoms with van der Waals surface area (Å²) in [7, 11) is 0. The van der Waals surface area contributed by atoms with Crippen LogP contribution < -0.4 is 30.1 Å².